The lowest BCUT2D eigenvalue weighted by Gasteiger charge is -2.44. The molecular weight excluding hydrogens is 178 g/mol. The molecule has 1 heterocycles. The molecule has 0 aromatic heterocycles. The fraction of sp³-hybridized carbons (Fsp3) is 0.909. The zero-order valence-corrected chi connectivity index (χ0v) is 8.61. The summed E-state index contributed by atoms with van der Waals surface area (Å²) in [6, 6.07) is 0.576. The third kappa shape index (κ3) is 2.27. The lowest BCUT2D eigenvalue weighted by Crippen LogP contribution is -2.50. The molecule has 1 aliphatic carbocycles. The summed E-state index contributed by atoms with van der Waals surface area (Å²) in [5, 5.41) is 8.59. The molecule has 2 fully saturated rings. The minimum atomic E-state index is -0.652. The Balaban J connectivity index is 1.64. The minimum absolute atomic E-state index is 0.339. The van der Waals surface area contributed by atoms with E-state index in [-0.39, 0.29) is 0 Å². The standard InChI is InChI=1S/C11H19NO2/c13-11(14)5-4-10-6-7-12(10)8-9-2-1-3-9/h9-10H,1-8H2,(H,13,14). The fourth-order valence-electron chi connectivity index (χ4n) is 2.36. The molecule has 2 aliphatic rings. The van der Waals surface area contributed by atoms with Crippen molar-refractivity contribution in [3.8, 4) is 0 Å². The van der Waals surface area contributed by atoms with Gasteiger partial charge in [0.15, 0.2) is 0 Å². The molecule has 1 N–H and O–H groups in total. The number of hydrogen-bond acceptors (Lipinski definition) is 2. The molecule has 3 heteroatoms. The summed E-state index contributed by atoms with van der Waals surface area (Å²) in [6.45, 7) is 2.42. The molecule has 0 aromatic carbocycles. The number of rotatable bonds is 5. The van der Waals surface area contributed by atoms with Crippen LogP contribution in [-0.2, 0) is 4.79 Å². The average Bonchev–Trinajstić information content (AvgIpc) is 1.99. The summed E-state index contributed by atoms with van der Waals surface area (Å²) >= 11 is 0. The molecule has 1 saturated heterocycles. The van der Waals surface area contributed by atoms with Crippen LogP contribution in [0.5, 0.6) is 0 Å². The molecule has 0 aromatic rings. The van der Waals surface area contributed by atoms with E-state index in [0.717, 1.165) is 12.3 Å². The van der Waals surface area contributed by atoms with E-state index in [1.807, 2.05) is 0 Å². The van der Waals surface area contributed by atoms with Crippen LogP contribution >= 0.6 is 0 Å². The Bertz CT molecular complexity index is 213. The quantitative estimate of drug-likeness (QED) is 0.729. The number of likely N-dealkylation sites (tertiary alicyclic amines) is 1. The smallest absolute Gasteiger partial charge is 0.303 e. The first kappa shape index (κ1) is 9.97. The van der Waals surface area contributed by atoms with Gasteiger partial charge in [0.1, 0.15) is 0 Å². The van der Waals surface area contributed by atoms with Crippen LogP contribution in [0.15, 0.2) is 0 Å². The topological polar surface area (TPSA) is 40.5 Å². The van der Waals surface area contributed by atoms with Crippen molar-refractivity contribution in [2.24, 2.45) is 5.92 Å². The van der Waals surface area contributed by atoms with Crippen LogP contribution in [0, 0.1) is 5.92 Å². The van der Waals surface area contributed by atoms with Crippen LogP contribution < -0.4 is 0 Å². The summed E-state index contributed by atoms with van der Waals surface area (Å²) in [5.74, 6) is 0.267. The van der Waals surface area contributed by atoms with E-state index >= 15 is 0 Å². The third-order valence-electron chi connectivity index (χ3n) is 3.67. The van der Waals surface area contributed by atoms with Crippen molar-refractivity contribution in [2.45, 2.75) is 44.6 Å². The molecule has 0 bridgehead atoms. The number of nitrogens with zero attached hydrogens (tertiary/aromatic N) is 1. The van der Waals surface area contributed by atoms with Gasteiger partial charge in [0.2, 0.25) is 0 Å². The Morgan fingerprint density at radius 3 is 2.57 bits per heavy atom. The second kappa shape index (κ2) is 4.30. The predicted octanol–water partition coefficient (Wildman–Crippen LogP) is 1.73. The van der Waals surface area contributed by atoms with Crippen LogP contribution in [0.3, 0.4) is 0 Å². The maximum atomic E-state index is 10.4. The molecular formula is C11H19NO2. The van der Waals surface area contributed by atoms with Gasteiger partial charge in [-0.3, -0.25) is 9.69 Å². The van der Waals surface area contributed by atoms with E-state index in [0.29, 0.717) is 12.5 Å². The van der Waals surface area contributed by atoms with E-state index in [1.165, 1.54) is 38.8 Å². The van der Waals surface area contributed by atoms with E-state index in [2.05, 4.69) is 4.90 Å². The van der Waals surface area contributed by atoms with Gasteiger partial charge in [0.25, 0.3) is 0 Å². The van der Waals surface area contributed by atoms with Gasteiger partial charge >= 0.3 is 5.97 Å². The first-order valence-corrected chi connectivity index (χ1v) is 5.71. The minimum Gasteiger partial charge on any atom is -0.481 e. The average molecular weight is 197 g/mol. The molecule has 1 saturated carbocycles. The first-order chi connectivity index (χ1) is 6.75. The van der Waals surface area contributed by atoms with Gasteiger partial charge in [-0.15, -0.1) is 0 Å². The number of carboxylic acid groups (broad SMARTS) is 1. The van der Waals surface area contributed by atoms with E-state index in [1.54, 1.807) is 0 Å². The number of hydrogen-bond donors (Lipinski definition) is 1. The molecule has 3 nitrogen and oxygen atoms in total. The van der Waals surface area contributed by atoms with Crippen molar-refractivity contribution < 1.29 is 9.90 Å². The normalized spacial score (nSPS) is 28.1. The van der Waals surface area contributed by atoms with Gasteiger partial charge in [-0.05, 0) is 38.1 Å². The zero-order valence-electron chi connectivity index (χ0n) is 8.61. The Kier molecular flexibility index (Phi) is 3.06. The molecule has 1 unspecified atom stereocenters. The molecule has 2 rings (SSSR count). The first-order valence-electron chi connectivity index (χ1n) is 5.71. The van der Waals surface area contributed by atoms with Crippen LogP contribution in [0.1, 0.15) is 38.5 Å². The Hall–Kier alpha value is -0.570. The SMILES string of the molecule is O=C(O)CCC1CCN1CC1CCC1. The van der Waals surface area contributed by atoms with Crippen LogP contribution in [0.2, 0.25) is 0 Å². The highest BCUT2D eigenvalue weighted by atomic mass is 16.4. The monoisotopic (exact) mass is 197 g/mol. The highest BCUT2D eigenvalue weighted by molar-refractivity contribution is 5.66. The predicted molar refractivity (Wildman–Crippen MR) is 54.2 cm³/mol. The second-order valence-electron chi connectivity index (χ2n) is 4.67. The molecule has 0 amide bonds. The molecule has 0 radical (unpaired) electrons. The highest BCUT2D eigenvalue weighted by Gasteiger charge is 2.31. The van der Waals surface area contributed by atoms with E-state index < -0.39 is 5.97 Å². The number of carbonyl (C=O) groups is 1. The van der Waals surface area contributed by atoms with Crippen molar-refractivity contribution in [3.05, 3.63) is 0 Å². The summed E-state index contributed by atoms with van der Waals surface area (Å²) in [4.78, 5) is 12.9. The Morgan fingerprint density at radius 2 is 2.14 bits per heavy atom. The summed E-state index contributed by atoms with van der Waals surface area (Å²) in [5.41, 5.74) is 0. The lowest BCUT2D eigenvalue weighted by molar-refractivity contribution is -0.137. The van der Waals surface area contributed by atoms with Gasteiger partial charge < -0.3 is 5.11 Å². The second-order valence-corrected chi connectivity index (χ2v) is 4.67. The Labute approximate surface area is 85.1 Å². The lowest BCUT2D eigenvalue weighted by atomic mass is 9.83. The molecule has 80 valence electrons. The summed E-state index contributed by atoms with van der Waals surface area (Å²) < 4.78 is 0. The van der Waals surface area contributed by atoms with Crippen molar-refractivity contribution >= 4 is 5.97 Å². The fourth-order valence-corrected chi connectivity index (χ4v) is 2.36. The molecule has 1 aliphatic heterocycles. The summed E-state index contributed by atoms with van der Waals surface area (Å²) in [7, 11) is 0. The highest BCUT2D eigenvalue weighted by Crippen LogP contribution is 2.31. The zero-order chi connectivity index (χ0) is 9.97. The van der Waals surface area contributed by atoms with Gasteiger partial charge in [0, 0.05) is 19.0 Å². The maximum absolute atomic E-state index is 10.4. The van der Waals surface area contributed by atoms with Crippen LogP contribution in [-0.4, -0.2) is 35.1 Å². The van der Waals surface area contributed by atoms with Gasteiger partial charge in [-0.2, -0.15) is 0 Å². The maximum Gasteiger partial charge on any atom is 0.303 e. The molecule has 1 atom stereocenters. The largest absolute Gasteiger partial charge is 0.481 e. The van der Waals surface area contributed by atoms with E-state index in [9.17, 15) is 4.79 Å². The molecule has 14 heavy (non-hydrogen) atoms. The summed E-state index contributed by atoms with van der Waals surface area (Å²) in [6.07, 6.45) is 6.58. The van der Waals surface area contributed by atoms with Crippen molar-refractivity contribution in [1.29, 1.82) is 0 Å². The Morgan fingerprint density at radius 1 is 1.36 bits per heavy atom. The molecule has 0 spiro atoms. The third-order valence-corrected chi connectivity index (χ3v) is 3.67. The van der Waals surface area contributed by atoms with Crippen LogP contribution in [0.4, 0.5) is 0 Å². The van der Waals surface area contributed by atoms with Crippen LogP contribution in [0.25, 0.3) is 0 Å². The van der Waals surface area contributed by atoms with Gasteiger partial charge in [0.05, 0.1) is 0 Å². The van der Waals surface area contributed by atoms with Crippen molar-refractivity contribution in [3.63, 3.8) is 0 Å². The number of carboxylic acids is 1. The van der Waals surface area contributed by atoms with Gasteiger partial charge in [-0.25, -0.2) is 0 Å². The van der Waals surface area contributed by atoms with Crippen molar-refractivity contribution in [2.75, 3.05) is 13.1 Å². The van der Waals surface area contributed by atoms with Crippen molar-refractivity contribution in [1.82, 2.24) is 4.90 Å². The number of aliphatic carboxylic acids is 1. The van der Waals surface area contributed by atoms with E-state index in [4.69, 9.17) is 5.11 Å². The van der Waals surface area contributed by atoms with Gasteiger partial charge in [-0.1, -0.05) is 6.42 Å².